The number of likely N-dealkylation sites (tertiary alicyclic amines) is 1. The number of hydrogen-bond acceptors (Lipinski definition) is 5. The highest BCUT2D eigenvalue weighted by atomic mass is 15.3. The molecular formula is C25H30N6. The smallest absolute Gasteiger partial charge is 0.158 e. The summed E-state index contributed by atoms with van der Waals surface area (Å²) >= 11 is 0. The van der Waals surface area contributed by atoms with Crippen molar-refractivity contribution in [2.45, 2.75) is 32.2 Å². The van der Waals surface area contributed by atoms with Crippen LogP contribution in [-0.4, -0.2) is 51.8 Å². The van der Waals surface area contributed by atoms with Crippen molar-refractivity contribution in [2.75, 3.05) is 32.1 Å². The standard InChI is InChI=1S/C25H30N6/c1-17-21-9-10-23(27-25(21)30(4)28-17)18-11-13-31(14-12-18)16-20-15-19-7-5-6-8-22(19)26-24(20)29(2)3/h5-10,15,18H,11-14,16H2,1-4H3. The molecule has 0 radical (unpaired) electrons. The molecule has 0 N–H and O–H groups in total. The summed E-state index contributed by atoms with van der Waals surface area (Å²) in [5.41, 5.74) is 5.60. The first-order valence-corrected chi connectivity index (χ1v) is 11.1. The second kappa shape index (κ2) is 7.93. The number of benzene rings is 1. The molecule has 5 rings (SSSR count). The third kappa shape index (κ3) is 3.76. The third-order valence-electron chi connectivity index (χ3n) is 6.50. The number of rotatable bonds is 4. The molecule has 0 unspecified atom stereocenters. The Morgan fingerprint density at radius 1 is 1.03 bits per heavy atom. The van der Waals surface area contributed by atoms with Crippen LogP contribution in [0.2, 0.25) is 0 Å². The highest BCUT2D eigenvalue weighted by molar-refractivity contribution is 5.81. The SMILES string of the molecule is Cc1nn(C)c2nc(C3CCN(Cc4cc5ccccc5nc4N(C)C)CC3)ccc12. The van der Waals surface area contributed by atoms with Gasteiger partial charge in [0, 0.05) is 55.6 Å². The highest BCUT2D eigenvalue weighted by Crippen LogP contribution is 2.31. The second-order valence-corrected chi connectivity index (χ2v) is 8.92. The van der Waals surface area contributed by atoms with E-state index in [9.17, 15) is 0 Å². The largest absolute Gasteiger partial charge is 0.362 e. The van der Waals surface area contributed by atoms with Crippen molar-refractivity contribution in [1.82, 2.24) is 24.6 Å². The van der Waals surface area contributed by atoms with Crippen LogP contribution in [-0.2, 0) is 13.6 Å². The minimum absolute atomic E-state index is 0.513. The second-order valence-electron chi connectivity index (χ2n) is 8.92. The molecule has 0 spiro atoms. The van der Waals surface area contributed by atoms with Gasteiger partial charge in [-0.2, -0.15) is 5.10 Å². The fraction of sp³-hybridized carbons (Fsp3) is 0.400. The van der Waals surface area contributed by atoms with Crippen LogP contribution in [0.1, 0.15) is 35.7 Å². The summed E-state index contributed by atoms with van der Waals surface area (Å²) in [6.45, 7) is 5.14. The highest BCUT2D eigenvalue weighted by Gasteiger charge is 2.23. The summed E-state index contributed by atoms with van der Waals surface area (Å²) in [6, 6.07) is 15.1. The average molecular weight is 415 g/mol. The van der Waals surface area contributed by atoms with Gasteiger partial charge in [-0.25, -0.2) is 9.97 Å². The molecule has 4 heterocycles. The van der Waals surface area contributed by atoms with E-state index < -0.39 is 0 Å². The zero-order chi connectivity index (χ0) is 21.5. The zero-order valence-electron chi connectivity index (χ0n) is 18.8. The zero-order valence-corrected chi connectivity index (χ0v) is 18.8. The maximum absolute atomic E-state index is 4.97. The number of piperidine rings is 1. The van der Waals surface area contributed by atoms with Gasteiger partial charge < -0.3 is 4.90 Å². The van der Waals surface area contributed by atoms with Crippen molar-refractivity contribution in [3.05, 3.63) is 59.4 Å². The van der Waals surface area contributed by atoms with E-state index >= 15 is 0 Å². The predicted molar refractivity (Wildman–Crippen MR) is 127 cm³/mol. The number of aryl methyl sites for hydroxylation is 2. The molecule has 3 aromatic heterocycles. The van der Waals surface area contributed by atoms with Gasteiger partial charge >= 0.3 is 0 Å². The number of fused-ring (bicyclic) bond motifs is 2. The van der Waals surface area contributed by atoms with Gasteiger partial charge in [0.1, 0.15) is 5.82 Å². The Balaban J connectivity index is 1.32. The molecule has 0 amide bonds. The predicted octanol–water partition coefficient (Wildman–Crippen LogP) is 4.27. The van der Waals surface area contributed by atoms with Gasteiger partial charge in [0.05, 0.1) is 11.2 Å². The normalized spacial score (nSPS) is 15.7. The van der Waals surface area contributed by atoms with Crippen LogP contribution in [0.5, 0.6) is 0 Å². The van der Waals surface area contributed by atoms with Crippen LogP contribution >= 0.6 is 0 Å². The Morgan fingerprint density at radius 2 is 1.81 bits per heavy atom. The number of anilines is 1. The lowest BCUT2D eigenvalue weighted by molar-refractivity contribution is 0.203. The van der Waals surface area contributed by atoms with Crippen LogP contribution in [0.4, 0.5) is 5.82 Å². The molecule has 0 saturated carbocycles. The third-order valence-corrected chi connectivity index (χ3v) is 6.50. The molecular weight excluding hydrogens is 384 g/mol. The van der Waals surface area contributed by atoms with Gasteiger partial charge in [0.25, 0.3) is 0 Å². The van der Waals surface area contributed by atoms with Crippen LogP contribution in [0.25, 0.3) is 21.9 Å². The molecule has 0 aliphatic carbocycles. The lowest BCUT2D eigenvalue weighted by Crippen LogP contribution is -2.33. The van der Waals surface area contributed by atoms with E-state index in [2.05, 4.69) is 71.5 Å². The quantitative estimate of drug-likeness (QED) is 0.499. The molecule has 0 bridgehead atoms. The number of aromatic nitrogens is 4. The van der Waals surface area contributed by atoms with Crippen molar-refractivity contribution in [1.29, 1.82) is 0 Å². The van der Waals surface area contributed by atoms with E-state index in [0.717, 1.165) is 60.5 Å². The van der Waals surface area contributed by atoms with E-state index in [0.29, 0.717) is 5.92 Å². The minimum Gasteiger partial charge on any atom is -0.362 e. The molecule has 1 aliphatic heterocycles. The molecule has 1 saturated heterocycles. The van der Waals surface area contributed by atoms with Crippen LogP contribution < -0.4 is 4.90 Å². The van der Waals surface area contributed by atoms with Crippen molar-refractivity contribution >= 4 is 27.8 Å². The van der Waals surface area contributed by atoms with E-state index in [1.54, 1.807) is 0 Å². The first kappa shape index (κ1) is 19.9. The fourth-order valence-corrected chi connectivity index (χ4v) is 4.83. The Hall–Kier alpha value is -2.99. The maximum Gasteiger partial charge on any atom is 0.158 e. The molecule has 1 aliphatic rings. The molecule has 1 fully saturated rings. The molecule has 31 heavy (non-hydrogen) atoms. The summed E-state index contributed by atoms with van der Waals surface area (Å²) in [7, 11) is 6.14. The van der Waals surface area contributed by atoms with Crippen molar-refractivity contribution < 1.29 is 0 Å². The monoisotopic (exact) mass is 414 g/mol. The van der Waals surface area contributed by atoms with Crippen molar-refractivity contribution in [3.8, 4) is 0 Å². The number of para-hydroxylation sites is 1. The average Bonchev–Trinajstić information content (AvgIpc) is 3.06. The Bertz CT molecular complexity index is 1230. The molecule has 1 aromatic carbocycles. The van der Waals surface area contributed by atoms with Crippen molar-refractivity contribution in [3.63, 3.8) is 0 Å². The summed E-state index contributed by atoms with van der Waals surface area (Å²) in [6.07, 6.45) is 2.27. The van der Waals surface area contributed by atoms with E-state index in [4.69, 9.17) is 9.97 Å². The van der Waals surface area contributed by atoms with Gasteiger partial charge in [0.15, 0.2) is 5.65 Å². The Morgan fingerprint density at radius 3 is 2.58 bits per heavy atom. The lowest BCUT2D eigenvalue weighted by Gasteiger charge is -2.32. The van der Waals surface area contributed by atoms with Crippen LogP contribution in [0.3, 0.4) is 0 Å². The van der Waals surface area contributed by atoms with E-state index in [-0.39, 0.29) is 0 Å². The Labute approximate surface area is 183 Å². The van der Waals surface area contributed by atoms with Crippen LogP contribution in [0, 0.1) is 6.92 Å². The number of hydrogen-bond donors (Lipinski definition) is 0. The summed E-state index contributed by atoms with van der Waals surface area (Å²) in [5.74, 6) is 1.58. The lowest BCUT2D eigenvalue weighted by atomic mass is 9.92. The van der Waals surface area contributed by atoms with Gasteiger partial charge in [0.2, 0.25) is 0 Å². The topological polar surface area (TPSA) is 50.1 Å². The summed E-state index contributed by atoms with van der Waals surface area (Å²) in [4.78, 5) is 14.6. The fourth-order valence-electron chi connectivity index (χ4n) is 4.83. The first-order valence-electron chi connectivity index (χ1n) is 11.1. The Kier molecular flexibility index (Phi) is 5.10. The van der Waals surface area contributed by atoms with Gasteiger partial charge in [-0.3, -0.25) is 9.58 Å². The molecule has 6 heteroatoms. The maximum atomic E-state index is 4.97. The molecule has 160 valence electrons. The van der Waals surface area contributed by atoms with Crippen LogP contribution in [0.15, 0.2) is 42.5 Å². The number of nitrogens with zero attached hydrogens (tertiary/aromatic N) is 6. The van der Waals surface area contributed by atoms with E-state index in [1.807, 2.05) is 18.7 Å². The summed E-state index contributed by atoms with van der Waals surface area (Å²) in [5, 5.41) is 6.88. The molecule has 6 nitrogen and oxygen atoms in total. The van der Waals surface area contributed by atoms with E-state index in [1.165, 1.54) is 16.6 Å². The van der Waals surface area contributed by atoms with Gasteiger partial charge in [-0.15, -0.1) is 0 Å². The van der Waals surface area contributed by atoms with Gasteiger partial charge in [-0.1, -0.05) is 18.2 Å². The van der Waals surface area contributed by atoms with Gasteiger partial charge in [-0.05, 0) is 57.1 Å². The molecule has 4 aromatic rings. The number of pyridine rings is 2. The minimum atomic E-state index is 0.513. The first-order chi connectivity index (χ1) is 15.0. The van der Waals surface area contributed by atoms with Crippen molar-refractivity contribution in [2.24, 2.45) is 7.05 Å². The summed E-state index contributed by atoms with van der Waals surface area (Å²) < 4.78 is 1.90. The molecule has 0 atom stereocenters.